The number of H-pyrrole nitrogens is 1. The van der Waals surface area contributed by atoms with Gasteiger partial charge < -0.3 is 10.2 Å². The second-order valence-electron chi connectivity index (χ2n) is 10.6. The number of carbonyl (C=O) groups is 2. The van der Waals surface area contributed by atoms with Crippen LogP contribution in [0.4, 0.5) is 5.95 Å². The summed E-state index contributed by atoms with van der Waals surface area (Å²) in [6, 6.07) is 14.0. The van der Waals surface area contributed by atoms with E-state index >= 15 is 0 Å². The third kappa shape index (κ3) is 8.58. The predicted octanol–water partition coefficient (Wildman–Crippen LogP) is 4.42. The van der Waals surface area contributed by atoms with E-state index in [2.05, 4.69) is 20.0 Å². The molecule has 0 radical (unpaired) electrons. The number of anilines is 1. The number of carbonyl (C=O) groups excluding carboxylic acids is 2. The van der Waals surface area contributed by atoms with Crippen molar-refractivity contribution >= 4 is 39.7 Å². The van der Waals surface area contributed by atoms with Crippen LogP contribution < -0.4 is 15.6 Å². The van der Waals surface area contributed by atoms with Gasteiger partial charge in [0, 0.05) is 42.2 Å². The molecule has 40 heavy (non-hydrogen) atoms. The van der Waals surface area contributed by atoms with Gasteiger partial charge in [0.2, 0.25) is 11.2 Å². The van der Waals surface area contributed by atoms with Gasteiger partial charge in [0.05, 0.1) is 10.6 Å². The van der Waals surface area contributed by atoms with Crippen molar-refractivity contribution in [2.24, 2.45) is 5.41 Å². The topological polar surface area (TPSA) is 124 Å². The molecular formula is C29H36ClN5O4S. The zero-order valence-electron chi connectivity index (χ0n) is 23.5. The van der Waals surface area contributed by atoms with Gasteiger partial charge in [-0.1, -0.05) is 45.0 Å². The van der Waals surface area contributed by atoms with Crippen molar-refractivity contribution in [3.8, 4) is 11.3 Å². The molecule has 1 amide bonds. The van der Waals surface area contributed by atoms with Gasteiger partial charge in [-0.15, -0.1) is 0 Å². The van der Waals surface area contributed by atoms with Gasteiger partial charge >= 0.3 is 0 Å². The molecule has 214 valence electrons. The number of aromatic nitrogens is 2. The second-order valence-corrected chi connectivity index (χ2v) is 12.1. The van der Waals surface area contributed by atoms with Gasteiger partial charge in [-0.2, -0.15) is 0 Å². The minimum Gasteiger partial charge on any atom is -0.337 e. The maximum absolute atomic E-state index is 13.0. The molecule has 3 N–H and O–H groups in total. The average molecular weight is 586 g/mol. The van der Waals surface area contributed by atoms with Gasteiger partial charge in [-0.25, -0.2) is 9.19 Å². The highest BCUT2D eigenvalue weighted by Crippen LogP contribution is 2.25. The number of aryl methyl sites for hydroxylation is 2. The average Bonchev–Trinajstić information content (AvgIpc) is 3.17. The number of rotatable bonds is 5. The van der Waals surface area contributed by atoms with Crippen LogP contribution in [0.25, 0.3) is 11.3 Å². The molecule has 1 saturated heterocycles. The molecule has 1 aliphatic rings. The van der Waals surface area contributed by atoms with E-state index < -0.39 is 11.0 Å². The Morgan fingerprint density at radius 1 is 1.02 bits per heavy atom. The summed E-state index contributed by atoms with van der Waals surface area (Å²) >= 11 is 5.11. The van der Waals surface area contributed by atoms with E-state index in [1.54, 1.807) is 45.0 Å². The molecular weight excluding hydrogens is 550 g/mol. The standard InChI is InChI=1S/C24H27N5O3S.C5H9ClO/c1-16-6-3-7-17(2)22(16)20-15-21(30)27-24(26-20)28-33(32)19-9-4-8-18(14-19)23(31)29-12-5-10-25-11-13-29;1-5(2,3)4(6)7/h3-4,6-9,14-15,25H,5,10-13H2,1-2H3,(H2,26,27,28,30);1-3H3. The Labute approximate surface area is 242 Å². The van der Waals surface area contributed by atoms with Crippen LogP contribution in [-0.4, -0.2) is 56.4 Å². The first-order valence-electron chi connectivity index (χ1n) is 13.0. The van der Waals surface area contributed by atoms with Crippen molar-refractivity contribution in [1.82, 2.24) is 20.2 Å². The molecule has 11 heteroatoms. The molecule has 1 atom stereocenters. The fraction of sp³-hybridized carbons (Fsp3) is 0.379. The third-order valence-electron chi connectivity index (χ3n) is 6.18. The molecule has 0 spiro atoms. The normalized spacial score (nSPS) is 14.4. The number of aromatic amines is 1. The summed E-state index contributed by atoms with van der Waals surface area (Å²) in [6.45, 7) is 12.2. The van der Waals surface area contributed by atoms with Crippen LogP contribution in [0.1, 0.15) is 48.7 Å². The SMILES string of the molecule is CC(C)(C)C(=O)Cl.Cc1cccc(C)c1-c1cc(=O)[nH]c(NS(=O)c2cccc(C(=O)N3CCCNCC3)c2)n1. The first-order valence-corrected chi connectivity index (χ1v) is 14.6. The van der Waals surface area contributed by atoms with Gasteiger partial charge in [0.15, 0.2) is 11.0 Å². The zero-order chi connectivity index (χ0) is 29.4. The zero-order valence-corrected chi connectivity index (χ0v) is 25.0. The number of hydrogen-bond donors (Lipinski definition) is 3. The Balaban J connectivity index is 0.000000559. The van der Waals surface area contributed by atoms with E-state index in [-0.39, 0.29) is 28.1 Å². The molecule has 2 aromatic carbocycles. The number of halogens is 1. The molecule has 1 unspecified atom stereocenters. The molecule has 0 saturated carbocycles. The highest BCUT2D eigenvalue weighted by Gasteiger charge is 2.19. The number of benzene rings is 2. The first-order chi connectivity index (χ1) is 18.9. The minimum absolute atomic E-state index is 0.0823. The molecule has 3 aromatic rings. The Morgan fingerprint density at radius 2 is 1.68 bits per heavy atom. The minimum atomic E-state index is -1.72. The molecule has 1 fully saturated rings. The van der Waals surface area contributed by atoms with E-state index in [4.69, 9.17) is 11.6 Å². The molecule has 9 nitrogen and oxygen atoms in total. The van der Waals surface area contributed by atoms with Crippen LogP contribution in [0, 0.1) is 19.3 Å². The maximum Gasteiger partial charge on any atom is 0.253 e. The van der Waals surface area contributed by atoms with Crippen molar-refractivity contribution < 1.29 is 13.8 Å². The Bertz CT molecular complexity index is 1420. The molecule has 2 heterocycles. The summed E-state index contributed by atoms with van der Waals surface area (Å²) < 4.78 is 15.8. The molecule has 0 aliphatic carbocycles. The molecule has 4 rings (SSSR count). The summed E-state index contributed by atoms with van der Waals surface area (Å²) in [6.07, 6.45) is 0.897. The smallest absolute Gasteiger partial charge is 0.253 e. The van der Waals surface area contributed by atoms with Crippen LogP contribution in [-0.2, 0) is 15.8 Å². The summed E-state index contributed by atoms with van der Waals surface area (Å²) in [7, 11) is -1.72. The third-order valence-corrected chi connectivity index (χ3v) is 7.81. The lowest BCUT2D eigenvalue weighted by molar-refractivity contribution is -0.118. The van der Waals surface area contributed by atoms with Crippen molar-refractivity contribution in [2.45, 2.75) is 45.9 Å². The number of amides is 1. The largest absolute Gasteiger partial charge is 0.337 e. The monoisotopic (exact) mass is 585 g/mol. The van der Waals surface area contributed by atoms with Crippen LogP contribution in [0.3, 0.4) is 0 Å². The lowest BCUT2D eigenvalue weighted by Crippen LogP contribution is -2.34. The summed E-state index contributed by atoms with van der Waals surface area (Å²) in [5.74, 6) is 0.0231. The van der Waals surface area contributed by atoms with Crippen LogP contribution in [0.5, 0.6) is 0 Å². The Morgan fingerprint density at radius 3 is 2.33 bits per heavy atom. The van der Waals surface area contributed by atoms with Gasteiger partial charge in [-0.3, -0.25) is 24.1 Å². The number of nitrogens with zero attached hydrogens (tertiary/aromatic N) is 2. The van der Waals surface area contributed by atoms with E-state index in [0.29, 0.717) is 29.2 Å². The fourth-order valence-electron chi connectivity index (χ4n) is 3.98. The van der Waals surface area contributed by atoms with Gasteiger partial charge in [0.1, 0.15) is 0 Å². The highest BCUT2D eigenvalue weighted by atomic mass is 35.5. The van der Waals surface area contributed by atoms with Crippen molar-refractivity contribution in [2.75, 3.05) is 30.9 Å². The van der Waals surface area contributed by atoms with Crippen molar-refractivity contribution in [1.29, 1.82) is 0 Å². The molecule has 1 aliphatic heterocycles. The number of hydrogen-bond acceptors (Lipinski definition) is 6. The van der Waals surface area contributed by atoms with Crippen LogP contribution >= 0.6 is 11.6 Å². The van der Waals surface area contributed by atoms with Crippen LogP contribution in [0.2, 0.25) is 0 Å². The molecule has 0 bridgehead atoms. The first kappa shape index (κ1) is 31.2. The quantitative estimate of drug-likeness (QED) is 0.381. The summed E-state index contributed by atoms with van der Waals surface area (Å²) in [5, 5.41) is 2.99. The van der Waals surface area contributed by atoms with Crippen molar-refractivity contribution in [3.05, 3.63) is 75.6 Å². The van der Waals surface area contributed by atoms with E-state index in [0.717, 1.165) is 36.2 Å². The lowest BCUT2D eigenvalue weighted by atomic mass is 10.00. The van der Waals surface area contributed by atoms with Gasteiger partial charge in [0.25, 0.3) is 11.5 Å². The molecule has 1 aromatic heterocycles. The van der Waals surface area contributed by atoms with Crippen LogP contribution in [0.15, 0.2) is 58.2 Å². The van der Waals surface area contributed by atoms with E-state index in [1.165, 1.54) is 6.07 Å². The van der Waals surface area contributed by atoms with E-state index in [9.17, 15) is 18.6 Å². The Hall–Kier alpha value is -3.34. The maximum atomic E-state index is 13.0. The van der Waals surface area contributed by atoms with Crippen molar-refractivity contribution in [3.63, 3.8) is 0 Å². The van der Waals surface area contributed by atoms with Gasteiger partial charge in [-0.05, 0) is 67.7 Å². The lowest BCUT2D eigenvalue weighted by Gasteiger charge is -2.20. The second kappa shape index (κ2) is 13.8. The summed E-state index contributed by atoms with van der Waals surface area (Å²) in [5.41, 5.74) is 3.13. The predicted molar refractivity (Wildman–Crippen MR) is 160 cm³/mol. The van der Waals surface area contributed by atoms with E-state index in [1.807, 2.05) is 36.9 Å². The highest BCUT2D eigenvalue weighted by molar-refractivity contribution is 7.86. The number of nitrogens with one attached hydrogen (secondary N) is 3. The fourth-order valence-corrected chi connectivity index (χ4v) is 4.80. The Kier molecular flexibility index (Phi) is 10.8. The summed E-state index contributed by atoms with van der Waals surface area (Å²) in [4.78, 5) is 44.8.